The van der Waals surface area contributed by atoms with Gasteiger partial charge in [0.05, 0.1) is 5.39 Å². The molecule has 0 atom stereocenters. The molecule has 25 heavy (non-hydrogen) atoms. The van der Waals surface area contributed by atoms with Crippen molar-refractivity contribution in [3.63, 3.8) is 0 Å². The van der Waals surface area contributed by atoms with Crippen molar-refractivity contribution in [1.82, 2.24) is 15.3 Å². The smallest absolute Gasteiger partial charge is 0.251 e. The predicted molar refractivity (Wildman–Crippen MR) is 103 cm³/mol. The topological polar surface area (TPSA) is 66.9 Å². The van der Waals surface area contributed by atoms with Gasteiger partial charge in [-0.05, 0) is 37.1 Å². The number of hydrogen-bond donors (Lipinski definition) is 2. The van der Waals surface area contributed by atoms with Crippen LogP contribution in [0.1, 0.15) is 40.6 Å². The van der Waals surface area contributed by atoms with Gasteiger partial charge >= 0.3 is 0 Å². The summed E-state index contributed by atoms with van der Waals surface area (Å²) in [7, 11) is 0. The van der Waals surface area contributed by atoms with Crippen molar-refractivity contribution in [2.45, 2.75) is 33.2 Å². The quantitative estimate of drug-likeness (QED) is 0.626. The zero-order chi connectivity index (χ0) is 17.6. The van der Waals surface area contributed by atoms with Crippen LogP contribution in [0.15, 0.2) is 36.7 Å². The van der Waals surface area contributed by atoms with Gasteiger partial charge in [-0.15, -0.1) is 11.3 Å². The lowest BCUT2D eigenvalue weighted by Crippen LogP contribution is -2.24. The molecule has 0 unspecified atom stereocenters. The fraction of sp³-hybridized carbons (Fsp3) is 0.316. The molecular weight excluding hydrogens is 332 g/mol. The first-order valence-corrected chi connectivity index (χ1v) is 9.31. The molecule has 2 N–H and O–H groups in total. The van der Waals surface area contributed by atoms with E-state index in [2.05, 4.69) is 40.5 Å². The number of thiophene rings is 1. The molecule has 0 saturated carbocycles. The van der Waals surface area contributed by atoms with E-state index >= 15 is 0 Å². The average Bonchev–Trinajstić information content (AvgIpc) is 3.01. The SMILES string of the molecule is CCCCNC(=O)c1ccc(CNc2ncnc3sc(C)cc23)cc1. The van der Waals surface area contributed by atoms with Crippen molar-refractivity contribution in [2.75, 3.05) is 11.9 Å². The number of aryl methyl sites for hydroxylation is 1. The van der Waals surface area contributed by atoms with Crippen LogP contribution in [0.2, 0.25) is 0 Å². The number of benzene rings is 1. The third-order valence-electron chi connectivity index (χ3n) is 3.94. The molecule has 130 valence electrons. The van der Waals surface area contributed by atoms with E-state index in [1.807, 2.05) is 24.3 Å². The standard InChI is InChI=1S/C19H22N4OS/c1-3-4-9-20-18(24)15-7-5-14(6-8-15)11-21-17-16-10-13(2)25-19(16)23-12-22-17/h5-8,10,12H,3-4,9,11H2,1-2H3,(H,20,24)(H,21,22,23). The van der Waals surface area contributed by atoms with E-state index < -0.39 is 0 Å². The molecule has 0 radical (unpaired) electrons. The summed E-state index contributed by atoms with van der Waals surface area (Å²) in [4.78, 5) is 22.9. The highest BCUT2D eigenvalue weighted by atomic mass is 32.1. The predicted octanol–water partition coefficient (Wildman–Crippen LogP) is 4.14. The lowest BCUT2D eigenvalue weighted by atomic mass is 10.1. The highest BCUT2D eigenvalue weighted by Crippen LogP contribution is 2.27. The van der Waals surface area contributed by atoms with Gasteiger partial charge in [-0.2, -0.15) is 0 Å². The molecule has 1 aromatic carbocycles. The number of fused-ring (bicyclic) bond motifs is 1. The van der Waals surface area contributed by atoms with Crippen LogP contribution in [-0.2, 0) is 6.54 Å². The van der Waals surface area contributed by atoms with Crippen molar-refractivity contribution in [1.29, 1.82) is 0 Å². The first kappa shape index (κ1) is 17.4. The summed E-state index contributed by atoms with van der Waals surface area (Å²) >= 11 is 1.67. The Balaban J connectivity index is 1.62. The number of anilines is 1. The monoisotopic (exact) mass is 354 g/mol. The van der Waals surface area contributed by atoms with Gasteiger partial charge < -0.3 is 10.6 Å². The summed E-state index contributed by atoms with van der Waals surface area (Å²) in [6, 6.07) is 9.77. The summed E-state index contributed by atoms with van der Waals surface area (Å²) < 4.78 is 0. The maximum absolute atomic E-state index is 12.0. The molecule has 0 aliphatic carbocycles. The molecule has 1 amide bonds. The van der Waals surface area contributed by atoms with Gasteiger partial charge in [0.2, 0.25) is 0 Å². The third kappa shape index (κ3) is 4.33. The Morgan fingerprint density at radius 2 is 2.00 bits per heavy atom. The van der Waals surface area contributed by atoms with Crippen molar-refractivity contribution < 1.29 is 4.79 Å². The van der Waals surface area contributed by atoms with Crippen LogP contribution in [0.25, 0.3) is 10.2 Å². The summed E-state index contributed by atoms with van der Waals surface area (Å²) in [6.07, 6.45) is 3.67. The Morgan fingerprint density at radius 1 is 1.20 bits per heavy atom. The van der Waals surface area contributed by atoms with Gasteiger partial charge in [0, 0.05) is 23.5 Å². The van der Waals surface area contributed by atoms with Crippen LogP contribution in [0.4, 0.5) is 5.82 Å². The lowest BCUT2D eigenvalue weighted by molar-refractivity contribution is 0.0953. The summed E-state index contributed by atoms with van der Waals surface area (Å²) in [6.45, 7) is 5.55. The molecule has 0 spiro atoms. The van der Waals surface area contributed by atoms with E-state index in [0.717, 1.165) is 41.0 Å². The van der Waals surface area contributed by atoms with Gasteiger partial charge in [-0.3, -0.25) is 4.79 Å². The number of rotatable bonds is 7. The van der Waals surface area contributed by atoms with Gasteiger partial charge in [0.15, 0.2) is 0 Å². The van der Waals surface area contributed by atoms with E-state index in [1.54, 1.807) is 17.7 Å². The molecular formula is C19H22N4OS. The van der Waals surface area contributed by atoms with Crippen LogP contribution >= 0.6 is 11.3 Å². The maximum Gasteiger partial charge on any atom is 0.251 e. The second kappa shape index (κ2) is 8.07. The van der Waals surface area contributed by atoms with Crippen LogP contribution in [0.3, 0.4) is 0 Å². The van der Waals surface area contributed by atoms with Gasteiger partial charge in [0.25, 0.3) is 5.91 Å². The number of unbranched alkanes of at least 4 members (excludes halogenated alkanes) is 1. The molecule has 0 fully saturated rings. The highest BCUT2D eigenvalue weighted by Gasteiger charge is 2.07. The molecule has 3 aromatic rings. The van der Waals surface area contributed by atoms with Gasteiger partial charge in [-0.1, -0.05) is 25.5 Å². The Morgan fingerprint density at radius 3 is 2.76 bits per heavy atom. The fourth-order valence-electron chi connectivity index (χ4n) is 2.56. The van der Waals surface area contributed by atoms with E-state index in [0.29, 0.717) is 12.1 Å². The molecule has 0 bridgehead atoms. The normalized spacial score (nSPS) is 10.8. The summed E-state index contributed by atoms with van der Waals surface area (Å²) in [5.74, 6) is 0.829. The maximum atomic E-state index is 12.0. The van der Waals surface area contributed by atoms with Crippen molar-refractivity contribution in [3.8, 4) is 0 Å². The van der Waals surface area contributed by atoms with E-state index in [9.17, 15) is 4.79 Å². The number of amides is 1. The number of hydrogen-bond acceptors (Lipinski definition) is 5. The molecule has 2 heterocycles. The molecule has 0 aliphatic rings. The molecule has 5 nitrogen and oxygen atoms in total. The first-order valence-electron chi connectivity index (χ1n) is 8.49. The Bertz CT molecular complexity index is 857. The number of aromatic nitrogens is 2. The summed E-state index contributed by atoms with van der Waals surface area (Å²) in [5, 5.41) is 7.34. The molecule has 0 saturated heterocycles. The molecule has 0 aliphatic heterocycles. The zero-order valence-corrected chi connectivity index (χ0v) is 15.3. The number of carbonyl (C=O) groups is 1. The number of nitrogens with zero attached hydrogens (tertiary/aromatic N) is 2. The van der Waals surface area contributed by atoms with Crippen LogP contribution in [0.5, 0.6) is 0 Å². The Hall–Kier alpha value is -2.47. The Kier molecular flexibility index (Phi) is 5.60. The molecule has 3 rings (SSSR count). The molecule has 2 aromatic heterocycles. The van der Waals surface area contributed by atoms with Crippen LogP contribution in [0, 0.1) is 6.92 Å². The van der Waals surface area contributed by atoms with E-state index in [-0.39, 0.29) is 5.91 Å². The third-order valence-corrected chi connectivity index (χ3v) is 4.90. The first-order chi connectivity index (χ1) is 12.2. The second-order valence-corrected chi connectivity index (χ2v) is 7.19. The minimum atomic E-state index is -0.0146. The Labute approximate surface area is 151 Å². The number of carbonyl (C=O) groups excluding carboxylic acids is 1. The van der Waals surface area contributed by atoms with Crippen LogP contribution < -0.4 is 10.6 Å². The zero-order valence-electron chi connectivity index (χ0n) is 14.5. The average molecular weight is 354 g/mol. The summed E-state index contributed by atoms with van der Waals surface area (Å²) in [5.41, 5.74) is 1.79. The van der Waals surface area contributed by atoms with Crippen LogP contribution in [-0.4, -0.2) is 22.4 Å². The van der Waals surface area contributed by atoms with Gasteiger partial charge in [0.1, 0.15) is 17.0 Å². The van der Waals surface area contributed by atoms with E-state index in [4.69, 9.17) is 0 Å². The fourth-order valence-corrected chi connectivity index (χ4v) is 3.40. The number of nitrogens with one attached hydrogen (secondary N) is 2. The van der Waals surface area contributed by atoms with Crippen molar-refractivity contribution in [2.24, 2.45) is 0 Å². The minimum Gasteiger partial charge on any atom is -0.365 e. The largest absolute Gasteiger partial charge is 0.365 e. The second-order valence-electron chi connectivity index (χ2n) is 5.96. The van der Waals surface area contributed by atoms with Crippen molar-refractivity contribution >= 4 is 33.3 Å². The highest BCUT2D eigenvalue weighted by molar-refractivity contribution is 7.18. The van der Waals surface area contributed by atoms with E-state index in [1.165, 1.54) is 4.88 Å². The van der Waals surface area contributed by atoms with Gasteiger partial charge in [-0.25, -0.2) is 9.97 Å². The van der Waals surface area contributed by atoms with Crippen molar-refractivity contribution in [3.05, 3.63) is 52.7 Å². The minimum absolute atomic E-state index is 0.0146. The lowest BCUT2D eigenvalue weighted by Gasteiger charge is -2.08. The molecule has 6 heteroatoms.